The number of imide groups is 1. The second kappa shape index (κ2) is 4.70. The van der Waals surface area contributed by atoms with Gasteiger partial charge in [0.25, 0.3) is 0 Å². The minimum atomic E-state index is -0.681. The molecule has 1 aliphatic rings. The first kappa shape index (κ1) is 12.1. The molecule has 0 saturated carbocycles. The van der Waals surface area contributed by atoms with Crippen molar-refractivity contribution in [2.45, 2.75) is 39.5 Å². The Labute approximate surface area is 94.8 Å². The molecule has 0 bridgehead atoms. The summed E-state index contributed by atoms with van der Waals surface area (Å²) in [6.07, 6.45) is 3.26. The maximum Gasteiger partial charge on any atom is 0.326 e. The number of hydrogen-bond acceptors (Lipinski definition) is 3. The van der Waals surface area contributed by atoms with Gasteiger partial charge in [-0.15, -0.1) is 0 Å². The van der Waals surface area contributed by atoms with Gasteiger partial charge in [0.2, 0.25) is 5.91 Å². The van der Waals surface area contributed by atoms with Crippen molar-refractivity contribution in [2.24, 2.45) is 5.41 Å². The molecule has 5 heteroatoms. The molecule has 15 heavy (non-hydrogen) atoms. The van der Waals surface area contributed by atoms with Crippen LogP contribution in [0.2, 0.25) is 0 Å². The molecule has 1 heterocycles. The molecule has 2 N–H and O–H groups in total. The Balaban J connectivity index is 2.89. The highest BCUT2D eigenvalue weighted by Crippen LogP contribution is 2.32. The highest BCUT2D eigenvalue weighted by atomic mass is 32.1. The van der Waals surface area contributed by atoms with Crippen LogP contribution >= 0.6 is 12.2 Å². The number of amides is 3. The smallest absolute Gasteiger partial charge is 0.301 e. The van der Waals surface area contributed by atoms with Gasteiger partial charge in [-0.1, -0.05) is 38.9 Å². The third-order valence-electron chi connectivity index (χ3n) is 2.88. The highest BCUT2D eigenvalue weighted by molar-refractivity contribution is 7.80. The SMILES string of the molecule is CCCCC1(CC)C(=O)NC(=O)NC1=S. The Bertz CT molecular complexity index is 282. The van der Waals surface area contributed by atoms with E-state index in [1.165, 1.54) is 0 Å². The molecule has 0 aromatic heterocycles. The number of unbranched alkanes of at least 4 members (excludes halogenated alkanes) is 1. The number of carbonyl (C=O) groups excluding carboxylic acids is 2. The van der Waals surface area contributed by atoms with Gasteiger partial charge in [0.15, 0.2) is 0 Å². The molecular formula is C10H16N2O2S. The molecule has 84 valence electrons. The van der Waals surface area contributed by atoms with Crippen molar-refractivity contribution < 1.29 is 9.59 Å². The van der Waals surface area contributed by atoms with Gasteiger partial charge in [0.1, 0.15) is 0 Å². The summed E-state index contributed by atoms with van der Waals surface area (Å²) in [5.41, 5.74) is -0.681. The quantitative estimate of drug-likeness (QED) is 0.721. The van der Waals surface area contributed by atoms with E-state index in [2.05, 4.69) is 17.6 Å². The second-order valence-corrected chi connectivity index (χ2v) is 4.18. The minimum Gasteiger partial charge on any atom is -0.301 e. The summed E-state index contributed by atoms with van der Waals surface area (Å²) in [4.78, 5) is 23.2. The van der Waals surface area contributed by atoms with Crippen LogP contribution < -0.4 is 10.6 Å². The maximum absolute atomic E-state index is 11.8. The third kappa shape index (κ3) is 2.17. The Morgan fingerprint density at radius 3 is 2.40 bits per heavy atom. The summed E-state index contributed by atoms with van der Waals surface area (Å²) < 4.78 is 0. The normalized spacial score (nSPS) is 26.1. The fourth-order valence-corrected chi connectivity index (χ4v) is 2.22. The molecule has 0 aromatic carbocycles. The maximum atomic E-state index is 11.8. The zero-order valence-corrected chi connectivity index (χ0v) is 9.87. The second-order valence-electron chi connectivity index (χ2n) is 3.78. The van der Waals surface area contributed by atoms with E-state index in [1.54, 1.807) is 0 Å². The van der Waals surface area contributed by atoms with Gasteiger partial charge in [-0.3, -0.25) is 10.1 Å². The molecule has 1 unspecified atom stereocenters. The highest BCUT2D eigenvalue weighted by Gasteiger charge is 2.45. The third-order valence-corrected chi connectivity index (χ3v) is 3.38. The Morgan fingerprint density at radius 1 is 1.27 bits per heavy atom. The van der Waals surface area contributed by atoms with Gasteiger partial charge in [-0.25, -0.2) is 4.79 Å². The molecule has 0 aliphatic carbocycles. The Morgan fingerprint density at radius 2 is 1.93 bits per heavy atom. The summed E-state index contributed by atoms with van der Waals surface area (Å²) in [6, 6.07) is -0.509. The van der Waals surface area contributed by atoms with Crippen molar-refractivity contribution in [2.75, 3.05) is 0 Å². The zero-order chi connectivity index (χ0) is 11.5. The molecule has 1 saturated heterocycles. The van der Waals surface area contributed by atoms with Crippen LogP contribution in [-0.4, -0.2) is 16.9 Å². The van der Waals surface area contributed by atoms with Crippen molar-refractivity contribution >= 4 is 29.1 Å². The largest absolute Gasteiger partial charge is 0.326 e. The zero-order valence-electron chi connectivity index (χ0n) is 9.05. The molecule has 1 fully saturated rings. The van der Waals surface area contributed by atoms with Crippen molar-refractivity contribution in [3.63, 3.8) is 0 Å². The summed E-state index contributed by atoms with van der Waals surface area (Å²) in [5.74, 6) is -0.257. The van der Waals surface area contributed by atoms with Gasteiger partial charge in [-0.2, -0.15) is 0 Å². The molecular weight excluding hydrogens is 212 g/mol. The monoisotopic (exact) mass is 228 g/mol. The van der Waals surface area contributed by atoms with Gasteiger partial charge in [0, 0.05) is 0 Å². The molecule has 0 spiro atoms. The summed E-state index contributed by atoms with van der Waals surface area (Å²) in [7, 11) is 0. The number of nitrogens with one attached hydrogen (secondary N) is 2. The fraction of sp³-hybridized carbons (Fsp3) is 0.700. The number of hydrogen-bond donors (Lipinski definition) is 2. The fourth-order valence-electron chi connectivity index (χ4n) is 1.78. The van der Waals surface area contributed by atoms with E-state index >= 15 is 0 Å². The lowest BCUT2D eigenvalue weighted by atomic mass is 9.78. The van der Waals surface area contributed by atoms with Crippen LogP contribution in [0, 0.1) is 5.41 Å². The average molecular weight is 228 g/mol. The standard InChI is InChI=1S/C10H16N2O2S/c1-3-5-6-10(4-2)7(13)11-9(14)12-8(10)15/h3-6H2,1-2H3,(H2,11,12,13,14,15). The van der Waals surface area contributed by atoms with Crippen LogP contribution in [0.25, 0.3) is 0 Å². The number of rotatable bonds is 4. The first-order chi connectivity index (χ1) is 7.06. The lowest BCUT2D eigenvalue weighted by Gasteiger charge is -2.35. The van der Waals surface area contributed by atoms with E-state index in [4.69, 9.17) is 12.2 Å². The number of carbonyl (C=O) groups is 2. The van der Waals surface area contributed by atoms with Crippen LogP contribution in [0.3, 0.4) is 0 Å². The lowest BCUT2D eigenvalue weighted by molar-refractivity contribution is -0.127. The van der Waals surface area contributed by atoms with Crippen molar-refractivity contribution in [3.8, 4) is 0 Å². The van der Waals surface area contributed by atoms with Gasteiger partial charge < -0.3 is 5.32 Å². The average Bonchev–Trinajstić information content (AvgIpc) is 2.17. The van der Waals surface area contributed by atoms with Gasteiger partial charge in [0.05, 0.1) is 10.4 Å². The van der Waals surface area contributed by atoms with Gasteiger partial charge >= 0.3 is 6.03 Å². The summed E-state index contributed by atoms with van der Waals surface area (Å²) >= 11 is 5.11. The van der Waals surface area contributed by atoms with Crippen molar-refractivity contribution in [3.05, 3.63) is 0 Å². The first-order valence-electron chi connectivity index (χ1n) is 5.23. The predicted molar refractivity (Wildman–Crippen MR) is 61.5 cm³/mol. The molecule has 1 aliphatic heterocycles. The van der Waals surface area contributed by atoms with E-state index in [-0.39, 0.29) is 5.91 Å². The molecule has 3 amide bonds. The first-order valence-corrected chi connectivity index (χ1v) is 5.64. The Hall–Kier alpha value is -0.970. The number of urea groups is 1. The number of thiocarbonyl (C=S) groups is 1. The molecule has 1 atom stereocenters. The summed E-state index contributed by atoms with van der Waals surface area (Å²) in [6.45, 7) is 3.98. The van der Waals surface area contributed by atoms with Crippen LogP contribution in [0.15, 0.2) is 0 Å². The van der Waals surface area contributed by atoms with E-state index < -0.39 is 11.4 Å². The van der Waals surface area contributed by atoms with E-state index in [9.17, 15) is 9.59 Å². The van der Waals surface area contributed by atoms with Crippen LogP contribution in [0.5, 0.6) is 0 Å². The van der Waals surface area contributed by atoms with Crippen LogP contribution in [0.1, 0.15) is 39.5 Å². The minimum absolute atomic E-state index is 0.257. The lowest BCUT2D eigenvalue weighted by Crippen LogP contribution is -2.61. The molecule has 1 rings (SSSR count). The predicted octanol–water partition coefficient (Wildman–Crippen LogP) is 1.74. The van der Waals surface area contributed by atoms with E-state index in [0.717, 1.165) is 12.8 Å². The van der Waals surface area contributed by atoms with Crippen molar-refractivity contribution in [1.82, 2.24) is 10.6 Å². The van der Waals surface area contributed by atoms with E-state index in [0.29, 0.717) is 17.8 Å². The topological polar surface area (TPSA) is 58.2 Å². The van der Waals surface area contributed by atoms with Crippen molar-refractivity contribution in [1.29, 1.82) is 0 Å². The summed E-state index contributed by atoms with van der Waals surface area (Å²) in [5, 5.41) is 4.80. The molecule has 4 nitrogen and oxygen atoms in total. The van der Waals surface area contributed by atoms with Gasteiger partial charge in [-0.05, 0) is 12.8 Å². The van der Waals surface area contributed by atoms with Crippen LogP contribution in [-0.2, 0) is 4.79 Å². The van der Waals surface area contributed by atoms with Crippen LogP contribution in [0.4, 0.5) is 4.79 Å². The molecule has 0 aromatic rings. The Kier molecular flexibility index (Phi) is 3.79. The van der Waals surface area contributed by atoms with E-state index in [1.807, 2.05) is 6.92 Å². The molecule has 0 radical (unpaired) electrons.